The molecule has 0 aliphatic heterocycles. The average Bonchev–Trinajstić information content (AvgIpc) is 2.36. The third kappa shape index (κ3) is 3.23. The van der Waals surface area contributed by atoms with Gasteiger partial charge in [-0.15, -0.1) is 0 Å². The Balaban J connectivity index is 2.40. The molecular formula is C13H10Cl2FNO2S. The van der Waals surface area contributed by atoms with E-state index in [4.69, 9.17) is 28.9 Å². The molecule has 2 aromatic rings. The Hall–Kier alpha value is -1.30. The molecule has 2 aromatic carbocycles. The minimum Gasteiger partial charge on any atom is -0.399 e. The lowest BCUT2D eigenvalue weighted by atomic mass is 10.2. The molecule has 0 aliphatic carbocycles. The molecule has 0 fully saturated rings. The van der Waals surface area contributed by atoms with Gasteiger partial charge >= 0.3 is 0 Å². The molecule has 2 N–H and O–H groups in total. The highest BCUT2D eigenvalue weighted by Gasteiger charge is 2.19. The highest BCUT2D eigenvalue weighted by Crippen LogP contribution is 2.27. The van der Waals surface area contributed by atoms with Crippen LogP contribution in [0.15, 0.2) is 41.3 Å². The number of anilines is 1. The van der Waals surface area contributed by atoms with Gasteiger partial charge < -0.3 is 5.73 Å². The van der Waals surface area contributed by atoms with Crippen LogP contribution in [0.25, 0.3) is 0 Å². The first-order chi connectivity index (χ1) is 9.29. The van der Waals surface area contributed by atoms with Crippen molar-refractivity contribution in [2.24, 2.45) is 0 Å². The normalized spacial score (nSPS) is 11.6. The minimum absolute atomic E-state index is 0.0619. The van der Waals surface area contributed by atoms with Gasteiger partial charge in [-0.05, 0) is 35.9 Å². The van der Waals surface area contributed by atoms with Crippen molar-refractivity contribution in [3.63, 3.8) is 0 Å². The summed E-state index contributed by atoms with van der Waals surface area (Å²) in [5, 5.41) is 0.0155. The van der Waals surface area contributed by atoms with Crippen molar-refractivity contribution in [2.45, 2.75) is 10.6 Å². The number of nitrogens with two attached hydrogens (primary N) is 1. The zero-order chi connectivity index (χ0) is 14.9. The second kappa shape index (κ2) is 5.60. The van der Waals surface area contributed by atoms with Gasteiger partial charge in [0, 0.05) is 5.69 Å². The van der Waals surface area contributed by atoms with Crippen LogP contribution in [0.5, 0.6) is 0 Å². The Morgan fingerprint density at radius 2 is 1.70 bits per heavy atom. The zero-order valence-corrected chi connectivity index (χ0v) is 12.4. The summed E-state index contributed by atoms with van der Waals surface area (Å²) in [6.07, 6.45) is 0. The number of halogens is 3. The molecule has 0 unspecified atom stereocenters. The van der Waals surface area contributed by atoms with Crippen LogP contribution in [0.2, 0.25) is 10.0 Å². The fraction of sp³-hybridized carbons (Fsp3) is 0.0769. The van der Waals surface area contributed by atoms with Gasteiger partial charge in [-0.2, -0.15) is 0 Å². The molecule has 2 rings (SSSR count). The fourth-order valence-electron chi connectivity index (χ4n) is 1.68. The van der Waals surface area contributed by atoms with Crippen molar-refractivity contribution in [3.05, 3.63) is 57.8 Å². The standard InChI is InChI=1S/C13H10Cl2FNO2S/c14-10-3-1-8(5-12(10)16)7-20(18,19)13-6-9(17)2-4-11(13)15/h1-6H,7,17H2. The van der Waals surface area contributed by atoms with Crippen molar-refractivity contribution in [3.8, 4) is 0 Å². The van der Waals surface area contributed by atoms with Crippen LogP contribution in [0.4, 0.5) is 10.1 Å². The quantitative estimate of drug-likeness (QED) is 0.871. The lowest BCUT2D eigenvalue weighted by Gasteiger charge is -2.08. The lowest BCUT2D eigenvalue weighted by molar-refractivity contribution is 0.594. The SMILES string of the molecule is Nc1ccc(Cl)c(S(=O)(=O)Cc2ccc(Cl)c(F)c2)c1. The Kier molecular flexibility index (Phi) is 4.22. The molecule has 3 nitrogen and oxygen atoms in total. The summed E-state index contributed by atoms with van der Waals surface area (Å²) in [4.78, 5) is -0.0745. The Bertz CT molecular complexity index is 763. The molecule has 20 heavy (non-hydrogen) atoms. The lowest BCUT2D eigenvalue weighted by Crippen LogP contribution is -2.06. The van der Waals surface area contributed by atoms with E-state index in [-0.39, 0.29) is 31.9 Å². The first kappa shape index (κ1) is 15.1. The number of hydrogen-bond donors (Lipinski definition) is 1. The van der Waals surface area contributed by atoms with Gasteiger partial charge in [-0.1, -0.05) is 29.3 Å². The first-order valence-electron chi connectivity index (χ1n) is 5.51. The van der Waals surface area contributed by atoms with Crippen LogP contribution in [0, 0.1) is 5.82 Å². The summed E-state index contributed by atoms with van der Waals surface area (Å²) >= 11 is 11.4. The van der Waals surface area contributed by atoms with Crippen LogP contribution in [-0.2, 0) is 15.6 Å². The maximum Gasteiger partial charge on any atom is 0.184 e. The fourth-order valence-corrected chi connectivity index (χ4v) is 3.73. The van der Waals surface area contributed by atoms with Gasteiger partial charge in [0.1, 0.15) is 5.82 Å². The molecule has 106 valence electrons. The van der Waals surface area contributed by atoms with Crippen molar-refractivity contribution in [2.75, 3.05) is 5.73 Å². The van der Waals surface area contributed by atoms with Crippen molar-refractivity contribution < 1.29 is 12.8 Å². The van der Waals surface area contributed by atoms with Gasteiger partial charge in [-0.3, -0.25) is 0 Å². The van der Waals surface area contributed by atoms with Gasteiger partial charge in [0.05, 0.1) is 20.7 Å². The number of nitrogen functional groups attached to an aromatic ring is 1. The predicted molar refractivity (Wildman–Crippen MR) is 78.2 cm³/mol. The van der Waals surface area contributed by atoms with Crippen molar-refractivity contribution in [1.29, 1.82) is 0 Å². The van der Waals surface area contributed by atoms with Crippen LogP contribution in [-0.4, -0.2) is 8.42 Å². The van der Waals surface area contributed by atoms with Crippen molar-refractivity contribution in [1.82, 2.24) is 0 Å². The topological polar surface area (TPSA) is 60.2 Å². The van der Waals surface area contributed by atoms with E-state index < -0.39 is 15.7 Å². The predicted octanol–water partition coefficient (Wildman–Crippen LogP) is 3.69. The van der Waals surface area contributed by atoms with Crippen LogP contribution >= 0.6 is 23.2 Å². The molecule has 0 atom stereocenters. The Morgan fingerprint density at radius 1 is 1.05 bits per heavy atom. The summed E-state index contributed by atoms with van der Waals surface area (Å²) in [5.74, 6) is -1.05. The van der Waals surface area contributed by atoms with E-state index in [9.17, 15) is 12.8 Å². The molecule has 0 heterocycles. The highest BCUT2D eigenvalue weighted by molar-refractivity contribution is 7.90. The summed E-state index contributed by atoms with van der Waals surface area (Å²) in [6, 6.07) is 8.03. The second-order valence-corrected chi connectivity index (χ2v) is 6.97. The third-order valence-electron chi connectivity index (χ3n) is 2.63. The van der Waals surface area contributed by atoms with Crippen LogP contribution < -0.4 is 5.73 Å². The third-order valence-corrected chi connectivity index (χ3v) is 5.10. The van der Waals surface area contributed by atoms with Gasteiger partial charge in [0.2, 0.25) is 0 Å². The van der Waals surface area contributed by atoms with E-state index >= 15 is 0 Å². The van der Waals surface area contributed by atoms with E-state index in [1.807, 2.05) is 0 Å². The molecule has 7 heteroatoms. The summed E-state index contributed by atoms with van der Waals surface area (Å²) < 4.78 is 37.9. The molecule has 0 radical (unpaired) electrons. The van der Waals surface area contributed by atoms with Gasteiger partial charge in [0.15, 0.2) is 9.84 Å². The molecular weight excluding hydrogens is 324 g/mol. The molecule has 0 saturated heterocycles. The zero-order valence-electron chi connectivity index (χ0n) is 10.1. The average molecular weight is 334 g/mol. The van der Waals surface area contributed by atoms with Gasteiger partial charge in [0.25, 0.3) is 0 Å². The maximum atomic E-state index is 13.3. The van der Waals surface area contributed by atoms with E-state index in [0.717, 1.165) is 6.07 Å². The molecule has 0 aliphatic rings. The Labute approximate surface area is 126 Å². The summed E-state index contributed by atoms with van der Waals surface area (Å²) in [6.45, 7) is 0. The molecule has 0 aromatic heterocycles. The van der Waals surface area contributed by atoms with Crippen molar-refractivity contribution >= 4 is 38.7 Å². The Morgan fingerprint density at radius 3 is 2.35 bits per heavy atom. The number of benzene rings is 2. The summed E-state index contributed by atoms with van der Waals surface area (Å²) in [5.41, 5.74) is 6.13. The number of sulfone groups is 1. The van der Waals surface area contributed by atoms with Crippen LogP contribution in [0.3, 0.4) is 0 Å². The van der Waals surface area contributed by atoms with E-state index in [1.165, 1.54) is 30.3 Å². The minimum atomic E-state index is -3.72. The molecule has 0 saturated carbocycles. The molecule has 0 bridgehead atoms. The maximum absolute atomic E-state index is 13.3. The van der Waals surface area contributed by atoms with E-state index in [2.05, 4.69) is 0 Å². The van der Waals surface area contributed by atoms with Gasteiger partial charge in [-0.25, -0.2) is 12.8 Å². The second-order valence-electron chi connectivity index (χ2n) is 4.20. The largest absolute Gasteiger partial charge is 0.399 e. The number of rotatable bonds is 3. The monoisotopic (exact) mass is 333 g/mol. The van der Waals surface area contributed by atoms with Crippen LogP contribution in [0.1, 0.15) is 5.56 Å². The summed E-state index contributed by atoms with van der Waals surface area (Å²) in [7, 11) is -3.72. The van der Waals surface area contributed by atoms with E-state index in [1.54, 1.807) is 0 Å². The highest BCUT2D eigenvalue weighted by atomic mass is 35.5. The number of hydrogen-bond acceptors (Lipinski definition) is 3. The molecule has 0 amide bonds. The first-order valence-corrected chi connectivity index (χ1v) is 7.92. The van der Waals surface area contributed by atoms with E-state index in [0.29, 0.717) is 0 Å². The smallest absolute Gasteiger partial charge is 0.184 e. The molecule has 0 spiro atoms.